The van der Waals surface area contributed by atoms with E-state index >= 15 is 0 Å². The van der Waals surface area contributed by atoms with Crippen molar-refractivity contribution >= 4 is 28.7 Å². The van der Waals surface area contributed by atoms with Gasteiger partial charge in [-0.3, -0.25) is 4.99 Å². The lowest BCUT2D eigenvalue weighted by atomic mass is 9.96. The normalized spacial score (nSPS) is 14.2. The first-order chi connectivity index (χ1) is 16.8. The number of hydrogen-bond donors (Lipinski definition) is 1. The van der Waals surface area contributed by atoms with Crippen LogP contribution in [0.4, 0.5) is 0 Å². The summed E-state index contributed by atoms with van der Waals surface area (Å²) in [6, 6.07) is 30.6. The van der Waals surface area contributed by atoms with Crippen molar-refractivity contribution in [1.82, 2.24) is 4.72 Å². The summed E-state index contributed by atoms with van der Waals surface area (Å²) in [5.74, 6) is 0.659. The molecular weight excluding hydrogens is 476 g/mol. The number of aliphatic imine (C=N–C) groups is 1. The van der Waals surface area contributed by atoms with Gasteiger partial charge in [-0.1, -0.05) is 84.4 Å². The van der Waals surface area contributed by atoms with Crippen molar-refractivity contribution in [1.29, 1.82) is 0 Å². The molecular formula is C29H29ClN2O2S. The lowest BCUT2D eigenvalue weighted by Crippen LogP contribution is -2.42. The van der Waals surface area contributed by atoms with Crippen LogP contribution in [0, 0.1) is 0 Å². The van der Waals surface area contributed by atoms with Crippen LogP contribution in [0.2, 0.25) is 5.02 Å². The molecule has 1 heterocycles. The van der Waals surface area contributed by atoms with Gasteiger partial charge < -0.3 is 8.97 Å². The van der Waals surface area contributed by atoms with Crippen LogP contribution in [-0.4, -0.2) is 15.0 Å². The predicted molar refractivity (Wildman–Crippen MR) is 145 cm³/mol. The first-order valence-electron chi connectivity index (χ1n) is 11.5. The van der Waals surface area contributed by atoms with Gasteiger partial charge in [0.05, 0.1) is 12.0 Å². The van der Waals surface area contributed by atoms with E-state index in [9.17, 15) is 4.55 Å². The zero-order chi connectivity index (χ0) is 24.8. The van der Waals surface area contributed by atoms with Crippen LogP contribution < -0.4 is 4.72 Å². The number of nitrogens with zero attached hydrogens (tertiary/aromatic N) is 1. The fourth-order valence-electron chi connectivity index (χ4n) is 3.69. The molecule has 2 unspecified atom stereocenters. The minimum atomic E-state index is -1.36. The number of halogens is 1. The van der Waals surface area contributed by atoms with Gasteiger partial charge in [-0.25, -0.2) is 0 Å². The molecule has 0 spiro atoms. The maximum absolute atomic E-state index is 13.3. The monoisotopic (exact) mass is 504 g/mol. The molecule has 1 aromatic heterocycles. The van der Waals surface area contributed by atoms with E-state index in [4.69, 9.17) is 21.0 Å². The SMILES string of the molecule is CC(C)(C)[S@@+]([O-])NC(c1ccco1)C(N=C(c1ccccc1)c1ccccc1)c1ccc(Cl)cc1. The molecule has 4 aromatic rings. The summed E-state index contributed by atoms with van der Waals surface area (Å²) < 4.78 is 22.0. The van der Waals surface area contributed by atoms with E-state index in [0.717, 1.165) is 22.4 Å². The Labute approximate surface area is 215 Å². The number of rotatable bonds is 8. The van der Waals surface area contributed by atoms with Crippen LogP contribution in [0.1, 0.15) is 55.3 Å². The Hall–Kier alpha value is -2.83. The molecule has 0 amide bonds. The molecule has 0 aliphatic carbocycles. The third-order valence-electron chi connectivity index (χ3n) is 5.53. The minimum absolute atomic E-state index is 0.444. The molecule has 0 aliphatic rings. The minimum Gasteiger partial charge on any atom is -0.598 e. The molecule has 0 saturated heterocycles. The first-order valence-corrected chi connectivity index (χ1v) is 13.0. The molecule has 180 valence electrons. The van der Waals surface area contributed by atoms with Crippen LogP contribution in [0.15, 0.2) is 113 Å². The van der Waals surface area contributed by atoms with Crippen molar-refractivity contribution < 1.29 is 8.97 Å². The number of nitrogens with one attached hydrogen (secondary N) is 1. The molecule has 4 nitrogen and oxygen atoms in total. The van der Waals surface area contributed by atoms with Gasteiger partial charge in [0.2, 0.25) is 0 Å². The summed E-state index contributed by atoms with van der Waals surface area (Å²) in [6.07, 6.45) is 1.63. The van der Waals surface area contributed by atoms with Crippen LogP contribution in [0.3, 0.4) is 0 Å². The van der Waals surface area contributed by atoms with Gasteiger partial charge in [-0.2, -0.15) is 0 Å². The van der Waals surface area contributed by atoms with Crippen molar-refractivity contribution in [2.45, 2.75) is 37.6 Å². The third-order valence-corrected chi connectivity index (χ3v) is 7.36. The molecule has 0 saturated carbocycles. The van der Waals surface area contributed by atoms with Crippen molar-refractivity contribution in [2.75, 3.05) is 0 Å². The van der Waals surface area contributed by atoms with Gasteiger partial charge in [0.25, 0.3) is 0 Å². The largest absolute Gasteiger partial charge is 0.598 e. The Bertz CT molecular complexity index is 1180. The average molecular weight is 505 g/mol. The molecule has 3 atom stereocenters. The van der Waals surface area contributed by atoms with E-state index in [0.29, 0.717) is 10.8 Å². The van der Waals surface area contributed by atoms with Gasteiger partial charge in [-0.15, -0.1) is 4.72 Å². The van der Waals surface area contributed by atoms with E-state index in [-0.39, 0.29) is 0 Å². The first kappa shape index (κ1) is 25.3. The van der Waals surface area contributed by atoms with Crippen LogP contribution >= 0.6 is 11.6 Å². The summed E-state index contributed by atoms with van der Waals surface area (Å²) in [4.78, 5) is 5.32. The molecule has 1 N–H and O–H groups in total. The Morgan fingerprint density at radius 3 is 1.91 bits per heavy atom. The van der Waals surface area contributed by atoms with Crippen molar-refractivity contribution in [2.24, 2.45) is 4.99 Å². The second-order valence-corrected chi connectivity index (χ2v) is 11.6. The highest BCUT2D eigenvalue weighted by Gasteiger charge is 2.36. The molecule has 6 heteroatoms. The smallest absolute Gasteiger partial charge is 0.137 e. The predicted octanol–water partition coefficient (Wildman–Crippen LogP) is 7.30. The van der Waals surface area contributed by atoms with E-state index in [2.05, 4.69) is 4.72 Å². The van der Waals surface area contributed by atoms with Crippen molar-refractivity contribution in [3.05, 3.63) is 131 Å². The number of furan rings is 1. The molecule has 35 heavy (non-hydrogen) atoms. The number of hydrogen-bond acceptors (Lipinski definition) is 4. The molecule has 0 radical (unpaired) electrons. The highest BCUT2D eigenvalue weighted by Crippen LogP contribution is 2.36. The summed E-state index contributed by atoms with van der Waals surface area (Å²) in [6.45, 7) is 5.82. The highest BCUT2D eigenvalue weighted by molar-refractivity contribution is 7.90. The Kier molecular flexibility index (Phi) is 8.14. The maximum atomic E-state index is 13.3. The second-order valence-electron chi connectivity index (χ2n) is 9.20. The van der Waals surface area contributed by atoms with Gasteiger partial charge in [0.15, 0.2) is 0 Å². The Balaban J connectivity index is 1.91. The maximum Gasteiger partial charge on any atom is 0.137 e. The standard InChI is InChI=1S/C29H29ClN2O2S/c1-29(2,3)35(33)32-28(25-15-10-20-34-25)27(23-16-18-24(30)19-17-23)31-26(21-11-6-4-7-12-21)22-13-8-5-9-14-22/h4-20,27-28,32H,1-3H3/t27?,28?,35-/m1/s1. The quantitative estimate of drug-likeness (QED) is 0.202. The summed E-state index contributed by atoms with van der Waals surface area (Å²) >= 11 is 4.86. The second kappa shape index (κ2) is 11.3. The fraction of sp³-hybridized carbons (Fsp3) is 0.207. The molecule has 0 fully saturated rings. The fourth-order valence-corrected chi connectivity index (χ4v) is 4.64. The van der Waals surface area contributed by atoms with E-state index in [1.807, 2.05) is 118 Å². The molecule has 4 rings (SSSR count). The lowest BCUT2D eigenvalue weighted by Gasteiger charge is -2.30. The Morgan fingerprint density at radius 2 is 1.43 bits per heavy atom. The van der Waals surface area contributed by atoms with Gasteiger partial charge in [0.1, 0.15) is 22.6 Å². The Morgan fingerprint density at radius 1 is 0.857 bits per heavy atom. The van der Waals surface area contributed by atoms with E-state index < -0.39 is 28.2 Å². The molecule has 0 aliphatic heterocycles. The van der Waals surface area contributed by atoms with Gasteiger partial charge >= 0.3 is 0 Å². The molecule has 3 aromatic carbocycles. The molecule has 0 bridgehead atoms. The van der Waals surface area contributed by atoms with E-state index in [1.165, 1.54) is 0 Å². The summed E-state index contributed by atoms with van der Waals surface area (Å²) in [5, 5.41) is 0.642. The highest BCUT2D eigenvalue weighted by atomic mass is 35.5. The number of benzene rings is 3. The zero-order valence-corrected chi connectivity index (χ0v) is 21.6. The summed E-state index contributed by atoms with van der Waals surface area (Å²) in [7, 11) is 0. The summed E-state index contributed by atoms with van der Waals surface area (Å²) in [5.41, 5.74) is 3.75. The zero-order valence-electron chi connectivity index (χ0n) is 20.0. The van der Waals surface area contributed by atoms with Crippen molar-refractivity contribution in [3.63, 3.8) is 0 Å². The third kappa shape index (κ3) is 6.44. The lowest BCUT2D eigenvalue weighted by molar-refractivity contribution is 0.400. The van der Waals surface area contributed by atoms with Gasteiger partial charge in [0, 0.05) is 27.5 Å². The van der Waals surface area contributed by atoms with Crippen molar-refractivity contribution in [3.8, 4) is 0 Å². The van der Waals surface area contributed by atoms with Gasteiger partial charge in [-0.05, 0) is 50.6 Å². The average Bonchev–Trinajstić information content (AvgIpc) is 3.39. The van der Waals surface area contributed by atoms with Crippen LogP contribution in [0.25, 0.3) is 0 Å². The topological polar surface area (TPSA) is 60.6 Å². The van der Waals surface area contributed by atoms with Crippen LogP contribution in [-0.2, 0) is 11.4 Å². The van der Waals surface area contributed by atoms with E-state index in [1.54, 1.807) is 6.26 Å². The van der Waals surface area contributed by atoms with Crippen LogP contribution in [0.5, 0.6) is 0 Å².